The van der Waals surface area contributed by atoms with Crippen LogP contribution in [0, 0.1) is 0 Å². The predicted molar refractivity (Wildman–Crippen MR) is 85.5 cm³/mol. The lowest BCUT2D eigenvalue weighted by atomic mass is 10.1. The number of hydrogen-bond donors (Lipinski definition) is 2. The van der Waals surface area contributed by atoms with Crippen molar-refractivity contribution in [2.75, 3.05) is 7.05 Å². The van der Waals surface area contributed by atoms with E-state index < -0.39 is 5.97 Å². The molecular weight excluding hydrogens is 302 g/mol. The highest BCUT2D eigenvalue weighted by atomic mass is 32.1. The largest absolute Gasteiger partial charge is 0.542 e. The lowest BCUT2D eigenvalue weighted by Gasteiger charge is -2.05. The normalized spacial score (nSPS) is 11.1. The molecule has 0 spiro atoms. The fraction of sp³-hybridized carbons (Fsp3) is 0.133. The highest BCUT2D eigenvalue weighted by molar-refractivity contribution is 7.80. The minimum absolute atomic E-state index is 0.193. The van der Waals surface area contributed by atoms with E-state index in [1.165, 1.54) is 6.07 Å². The first kappa shape index (κ1) is 15.7. The van der Waals surface area contributed by atoms with E-state index in [1.54, 1.807) is 13.1 Å². The molecule has 1 aromatic heterocycles. The first-order chi connectivity index (χ1) is 10.5. The number of carboxylic acid groups (broad SMARTS) is 1. The maximum Gasteiger partial charge on any atom is 0.186 e. The van der Waals surface area contributed by atoms with Crippen LogP contribution in [0.25, 0.3) is 11.3 Å². The smallest absolute Gasteiger partial charge is 0.186 e. The number of hydrazone groups is 1. The Bertz CT molecular complexity index is 720. The zero-order valence-electron chi connectivity index (χ0n) is 12.0. The minimum atomic E-state index is -1.34. The van der Waals surface area contributed by atoms with E-state index in [-0.39, 0.29) is 5.76 Å². The van der Waals surface area contributed by atoms with E-state index in [0.29, 0.717) is 10.9 Å². The number of rotatable bonds is 4. The summed E-state index contributed by atoms with van der Waals surface area (Å²) < 4.78 is 5.19. The molecule has 0 radical (unpaired) electrons. The topological polar surface area (TPSA) is 89.7 Å². The van der Waals surface area contributed by atoms with Crippen molar-refractivity contribution in [1.82, 2.24) is 10.7 Å². The lowest BCUT2D eigenvalue weighted by Crippen LogP contribution is -2.29. The maximum absolute atomic E-state index is 10.7. The summed E-state index contributed by atoms with van der Waals surface area (Å²) in [5.41, 5.74) is 5.14. The van der Waals surface area contributed by atoms with Gasteiger partial charge in [0.25, 0.3) is 0 Å². The Morgan fingerprint density at radius 1 is 1.23 bits per heavy atom. The van der Waals surface area contributed by atoms with Crippen molar-refractivity contribution in [1.29, 1.82) is 0 Å². The first-order valence-corrected chi connectivity index (χ1v) is 6.86. The third-order valence-corrected chi connectivity index (χ3v) is 3.24. The molecule has 2 N–H and O–H groups in total. The number of nitrogens with zero attached hydrogens (tertiary/aromatic N) is 1. The molecule has 0 unspecified atom stereocenters. The Labute approximate surface area is 132 Å². The molecule has 7 heteroatoms. The van der Waals surface area contributed by atoms with Gasteiger partial charge in [-0.3, -0.25) is 5.43 Å². The number of furan rings is 1. The molecule has 2 rings (SSSR count). The van der Waals surface area contributed by atoms with Gasteiger partial charge in [0.1, 0.15) is 17.5 Å². The summed E-state index contributed by atoms with van der Waals surface area (Å²) in [5.74, 6) is -1.06. The zero-order chi connectivity index (χ0) is 16.1. The molecule has 1 heterocycles. The Morgan fingerprint density at radius 2 is 1.91 bits per heavy atom. The van der Waals surface area contributed by atoms with Gasteiger partial charge in [-0.25, -0.2) is 0 Å². The van der Waals surface area contributed by atoms with Crippen LogP contribution in [0.5, 0.6) is 0 Å². The number of carbonyl (C=O) groups is 1. The summed E-state index contributed by atoms with van der Waals surface area (Å²) in [6.45, 7) is 1.85. The molecule has 0 fully saturated rings. The maximum atomic E-state index is 10.7. The first-order valence-electron chi connectivity index (χ1n) is 6.45. The number of carboxylic acids is 1. The molecule has 0 aliphatic rings. The number of hydrogen-bond acceptors (Lipinski definition) is 5. The summed E-state index contributed by atoms with van der Waals surface area (Å²) in [6, 6.07) is 10.3. The highest BCUT2D eigenvalue weighted by Gasteiger charge is 2.06. The van der Waals surface area contributed by atoms with Crippen molar-refractivity contribution in [3.8, 4) is 11.3 Å². The zero-order valence-corrected chi connectivity index (χ0v) is 12.9. The van der Waals surface area contributed by atoms with E-state index >= 15 is 0 Å². The van der Waals surface area contributed by atoms with E-state index in [2.05, 4.69) is 15.8 Å². The van der Waals surface area contributed by atoms with Gasteiger partial charge in [-0.2, -0.15) is 5.10 Å². The van der Waals surface area contributed by atoms with Crippen LogP contribution in [0.1, 0.15) is 23.0 Å². The van der Waals surface area contributed by atoms with Gasteiger partial charge in [0.15, 0.2) is 5.11 Å². The Balaban J connectivity index is 2.15. The van der Waals surface area contributed by atoms with Crippen molar-refractivity contribution in [3.63, 3.8) is 0 Å². The Morgan fingerprint density at radius 3 is 2.45 bits per heavy atom. The minimum Gasteiger partial charge on any atom is -0.542 e. The third-order valence-electron chi connectivity index (χ3n) is 2.95. The molecule has 2 aromatic rings. The second kappa shape index (κ2) is 6.86. The van der Waals surface area contributed by atoms with Crippen LogP contribution < -0.4 is 15.8 Å². The molecule has 22 heavy (non-hydrogen) atoms. The van der Waals surface area contributed by atoms with Gasteiger partial charge in [0.2, 0.25) is 0 Å². The van der Waals surface area contributed by atoms with Crippen molar-refractivity contribution in [2.24, 2.45) is 5.10 Å². The van der Waals surface area contributed by atoms with E-state index in [0.717, 1.165) is 16.8 Å². The van der Waals surface area contributed by atoms with Crippen molar-refractivity contribution >= 4 is 29.0 Å². The molecule has 0 amide bonds. The van der Waals surface area contributed by atoms with Crippen molar-refractivity contribution in [2.45, 2.75) is 6.92 Å². The molecule has 0 aliphatic carbocycles. The predicted octanol–water partition coefficient (Wildman–Crippen LogP) is 1.13. The van der Waals surface area contributed by atoms with Gasteiger partial charge >= 0.3 is 0 Å². The summed E-state index contributed by atoms with van der Waals surface area (Å²) in [7, 11) is 1.71. The second-order valence-electron chi connectivity index (χ2n) is 4.42. The fourth-order valence-corrected chi connectivity index (χ4v) is 1.78. The Hall–Kier alpha value is -2.67. The second-order valence-corrected chi connectivity index (χ2v) is 4.83. The van der Waals surface area contributed by atoms with E-state index in [9.17, 15) is 9.90 Å². The van der Waals surface area contributed by atoms with Gasteiger partial charge < -0.3 is 19.6 Å². The average Bonchev–Trinajstić information content (AvgIpc) is 3.02. The average molecular weight is 316 g/mol. The van der Waals surface area contributed by atoms with Crippen molar-refractivity contribution < 1.29 is 14.3 Å². The summed E-state index contributed by atoms with van der Waals surface area (Å²) >= 11 is 4.94. The summed E-state index contributed by atoms with van der Waals surface area (Å²) in [5, 5.41) is 18.0. The molecule has 0 saturated carbocycles. The van der Waals surface area contributed by atoms with Crippen LogP contribution >= 0.6 is 12.2 Å². The van der Waals surface area contributed by atoms with E-state index in [1.807, 2.05) is 31.2 Å². The molecular formula is C15H14N3O3S-. The SMILES string of the molecule is CNC(=S)N/N=C(/C)c1ccc(-c2ccc(C(=O)[O-])o2)cc1. The van der Waals surface area contributed by atoms with Crippen LogP contribution in [-0.4, -0.2) is 23.8 Å². The number of carbonyl (C=O) groups excluding carboxylic acids is 1. The standard InChI is InChI=1S/C15H15N3O3S/c1-9(17-18-15(22)16-2)10-3-5-11(6-4-10)12-7-8-13(21-12)14(19)20/h3-8H,1-2H3,(H,19,20)(H2,16,18,22)/p-1/b17-9-. The monoisotopic (exact) mass is 316 g/mol. The van der Waals surface area contributed by atoms with Crippen LogP contribution in [-0.2, 0) is 0 Å². The molecule has 6 nitrogen and oxygen atoms in total. The molecule has 0 aliphatic heterocycles. The van der Waals surface area contributed by atoms with Gasteiger partial charge in [-0.15, -0.1) is 0 Å². The quantitative estimate of drug-likeness (QED) is 0.499. The van der Waals surface area contributed by atoms with Crippen LogP contribution in [0.15, 0.2) is 45.9 Å². The number of benzene rings is 1. The van der Waals surface area contributed by atoms with Crippen LogP contribution in [0.3, 0.4) is 0 Å². The molecule has 0 bridgehead atoms. The van der Waals surface area contributed by atoms with E-state index in [4.69, 9.17) is 16.6 Å². The summed E-state index contributed by atoms with van der Waals surface area (Å²) in [6.07, 6.45) is 0. The molecule has 0 saturated heterocycles. The van der Waals surface area contributed by atoms with Crippen molar-refractivity contribution in [3.05, 3.63) is 47.7 Å². The molecule has 0 atom stereocenters. The summed E-state index contributed by atoms with van der Waals surface area (Å²) in [4.78, 5) is 10.7. The Kier molecular flexibility index (Phi) is 4.90. The fourth-order valence-electron chi connectivity index (χ4n) is 1.73. The highest BCUT2D eigenvalue weighted by Crippen LogP contribution is 2.22. The van der Waals surface area contributed by atoms with Gasteiger partial charge in [0.05, 0.1) is 5.71 Å². The lowest BCUT2D eigenvalue weighted by molar-refractivity contribution is -0.257. The third kappa shape index (κ3) is 3.70. The number of nitrogens with one attached hydrogen (secondary N) is 2. The number of aromatic carboxylic acids is 1. The molecule has 114 valence electrons. The van der Waals surface area contributed by atoms with Gasteiger partial charge in [0, 0.05) is 12.6 Å². The van der Waals surface area contributed by atoms with Crippen LogP contribution in [0.4, 0.5) is 0 Å². The molecule has 1 aromatic carbocycles. The van der Waals surface area contributed by atoms with Gasteiger partial charge in [-0.1, -0.05) is 24.3 Å². The van der Waals surface area contributed by atoms with Gasteiger partial charge in [-0.05, 0) is 36.8 Å². The number of thiocarbonyl (C=S) groups is 1. The van der Waals surface area contributed by atoms with Crippen LogP contribution in [0.2, 0.25) is 0 Å².